The van der Waals surface area contributed by atoms with E-state index >= 15 is 0 Å². The molecule has 2 nitrogen and oxygen atoms in total. The molecule has 0 radical (unpaired) electrons. The molecular formula is C10H8BBrO2. The quantitative estimate of drug-likeness (QED) is 0.825. The highest BCUT2D eigenvalue weighted by Gasteiger charge is 2.17. The van der Waals surface area contributed by atoms with Gasteiger partial charge >= 0.3 is 7.12 Å². The largest absolute Gasteiger partial charge is 0.502 e. The Kier molecular flexibility index (Phi) is 2.86. The molecule has 0 aliphatic carbocycles. The van der Waals surface area contributed by atoms with Gasteiger partial charge < -0.3 is 8.77 Å². The lowest BCUT2D eigenvalue weighted by Gasteiger charge is -2.06. The van der Waals surface area contributed by atoms with Gasteiger partial charge in [-0.15, -0.1) is 0 Å². The molecule has 0 unspecified atom stereocenters. The zero-order valence-electron chi connectivity index (χ0n) is 7.35. The van der Waals surface area contributed by atoms with Crippen molar-refractivity contribution in [3.8, 4) is 0 Å². The van der Waals surface area contributed by atoms with E-state index in [1.165, 1.54) is 0 Å². The molecule has 2 aromatic carbocycles. The van der Waals surface area contributed by atoms with E-state index in [0.717, 1.165) is 16.2 Å². The van der Waals surface area contributed by atoms with Crippen LogP contribution in [0.1, 0.15) is 0 Å². The Morgan fingerprint density at radius 3 is 2.57 bits per heavy atom. The highest BCUT2D eigenvalue weighted by molar-refractivity contribution is 9.06. The summed E-state index contributed by atoms with van der Waals surface area (Å²) in [5.74, 6) is 0. The SMILES string of the molecule is OB(OBr)c1cccc2ccccc12. The normalized spacial score (nSPS) is 10.4. The predicted molar refractivity (Wildman–Crippen MR) is 61.6 cm³/mol. The van der Waals surface area contributed by atoms with Gasteiger partial charge in [-0.25, -0.2) is 0 Å². The van der Waals surface area contributed by atoms with Crippen molar-refractivity contribution in [1.82, 2.24) is 0 Å². The lowest BCUT2D eigenvalue weighted by atomic mass is 9.77. The van der Waals surface area contributed by atoms with Gasteiger partial charge in [0.15, 0.2) is 0 Å². The summed E-state index contributed by atoms with van der Waals surface area (Å²) >= 11 is 2.79. The predicted octanol–water partition coefficient (Wildman–Crippen LogP) is 1.85. The molecule has 1 N–H and O–H groups in total. The molecular weight excluding hydrogens is 243 g/mol. The standard InChI is InChI=1S/C10H8BBrO2/c12-14-11(13)10-7-3-5-8-4-1-2-6-9(8)10/h1-7,13H. The first-order valence-corrected chi connectivity index (χ1v) is 4.91. The van der Waals surface area contributed by atoms with Crippen LogP contribution in [0.3, 0.4) is 0 Å². The monoisotopic (exact) mass is 250 g/mol. The Hall–Kier alpha value is -0.835. The topological polar surface area (TPSA) is 29.5 Å². The number of halogens is 1. The summed E-state index contributed by atoms with van der Waals surface area (Å²) < 4.78 is 4.71. The van der Waals surface area contributed by atoms with Crippen molar-refractivity contribution in [2.24, 2.45) is 0 Å². The van der Waals surface area contributed by atoms with Crippen molar-refractivity contribution in [3.05, 3.63) is 42.5 Å². The number of hydrogen-bond acceptors (Lipinski definition) is 2. The van der Waals surface area contributed by atoms with Crippen LogP contribution in [-0.2, 0) is 3.75 Å². The van der Waals surface area contributed by atoms with Gasteiger partial charge in [-0.1, -0.05) is 42.5 Å². The van der Waals surface area contributed by atoms with Crippen molar-refractivity contribution in [1.29, 1.82) is 0 Å². The van der Waals surface area contributed by atoms with E-state index in [-0.39, 0.29) is 0 Å². The lowest BCUT2D eigenvalue weighted by Crippen LogP contribution is -2.31. The van der Waals surface area contributed by atoms with Crippen LogP contribution in [0.25, 0.3) is 10.8 Å². The van der Waals surface area contributed by atoms with Crippen molar-refractivity contribution in [2.75, 3.05) is 0 Å². The zero-order valence-corrected chi connectivity index (χ0v) is 8.94. The Labute approximate surface area is 91.1 Å². The Morgan fingerprint density at radius 1 is 1.07 bits per heavy atom. The smallest absolute Gasteiger partial charge is 0.423 e. The average Bonchev–Trinajstić information content (AvgIpc) is 2.27. The summed E-state index contributed by atoms with van der Waals surface area (Å²) in [7, 11) is -0.930. The molecule has 70 valence electrons. The van der Waals surface area contributed by atoms with Gasteiger partial charge in [-0.05, 0) is 16.2 Å². The molecule has 0 bridgehead atoms. The van der Waals surface area contributed by atoms with Crippen LogP contribution >= 0.6 is 16.3 Å². The second-order valence-electron chi connectivity index (χ2n) is 3.01. The van der Waals surface area contributed by atoms with Crippen molar-refractivity contribution >= 4 is 39.6 Å². The maximum Gasteiger partial charge on any atom is 0.502 e. The van der Waals surface area contributed by atoms with Gasteiger partial charge in [-0.3, -0.25) is 0 Å². The van der Waals surface area contributed by atoms with Gasteiger partial charge in [0, 0.05) is 0 Å². The Balaban J connectivity index is 2.65. The average molecular weight is 251 g/mol. The minimum atomic E-state index is -0.930. The van der Waals surface area contributed by atoms with Crippen LogP contribution in [0.2, 0.25) is 0 Å². The first kappa shape index (κ1) is 9.71. The van der Waals surface area contributed by atoms with Crippen LogP contribution in [0, 0.1) is 0 Å². The molecule has 2 aromatic rings. The summed E-state index contributed by atoms with van der Waals surface area (Å²) in [6, 6.07) is 13.6. The molecule has 4 heteroatoms. The van der Waals surface area contributed by atoms with E-state index < -0.39 is 7.12 Å². The van der Waals surface area contributed by atoms with Crippen LogP contribution in [0.15, 0.2) is 42.5 Å². The highest BCUT2D eigenvalue weighted by atomic mass is 79.9. The second kappa shape index (κ2) is 4.13. The minimum Gasteiger partial charge on any atom is -0.423 e. The summed E-state index contributed by atoms with van der Waals surface area (Å²) in [6.45, 7) is 0. The molecule has 0 aromatic heterocycles. The molecule has 0 spiro atoms. The third-order valence-electron chi connectivity index (χ3n) is 2.17. The van der Waals surface area contributed by atoms with Gasteiger partial charge in [0.1, 0.15) is 0 Å². The van der Waals surface area contributed by atoms with Crippen molar-refractivity contribution in [2.45, 2.75) is 0 Å². The number of fused-ring (bicyclic) bond motifs is 1. The van der Waals surface area contributed by atoms with Crippen LogP contribution in [0.5, 0.6) is 0 Å². The van der Waals surface area contributed by atoms with E-state index in [1.54, 1.807) is 0 Å². The van der Waals surface area contributed by atoms with Crippen LogP contribution in [-0.4, -0.2) is 12.1 Å². The van der Waals surface area contributed by atoms with Gasteiger partial charge in [-0.2, -0.15) is 0 Å². The number of hydrogen-bond donors (Lipinski definition) is 1. The molecule has 0 saturated carbocycles. The first-order valence-electron chi connectivity index (χ1n) is 4.26. The Morgan fingerprint density at radius 2 is 1.79 bits per heavy atom. The van der Waals surface area contributed by atoms with E-state index in [9.17, 15) is 5.02 Å². The van der Waals surface area contributed by atoms with Gasteiger partial charge in [0.05, 0.1) is 16.3 Å². The first-order chi connectivity index (χ1) is 6.83. The fraction of sp³-hybridized carbons (Fsp3) is 0. The fourth-order valence-electron chi connectivity index (χ4n) is 1.51. The summed E-state index contributed by atoms with van der Waals surface area (Å²) in [6.07, 6.45) is 0. The molecule has 0 fully saturated rings. The molecule has 0 aliphatic heterocycles. The van der Waals surface area contributed by atoms with E-state index in [2.05, 4.69) is 16.3 Å². The maximum absolute atomic E-state index is 9.56. The van der Waals surface area contributed by atoms with Gasteiger partial charge in [0.2, 0.25) is 0 Å². The molecule has 0 saturated heterocycles. The highest BCUT2D eigenvalue weighted by Crippen LogP contribution is 2.11. The zero-order chi connectivity index (χ0) is 9.97. The van der Waals surface area contributed by atoms with Crippen molar-refractivity contribution < 1.29 is 8.77 Å². The summed E-state index contributed by atoms with van der Waals surface area (Å²) in [4.78, 5) is 0. The third-order valence-corrected chi connectivity index (χ3v) is 2.53. The number of rotatable bonds is 2. The molecule has 0 amide bonds. The Bertz CT molecular complexity index is 442. The fourth-order valence-corrected chi connectivity index (χ4v) is 1.72. The molecule has 2 rings (SSSR count). The summed E-state index contributed by atoms with van der Waals surface area (Å²) in [5.41, 5.74) is 0.764. The molecule has 0 heterocycles. The molecule has 0 aliphatic rings. The molecule has 0 atom stereocenters. The summed E-state index contributed by atoms with van der Waals surface area (Å²) in [5, 5.41) is 11.7. The van der Waals surface area contributed by atoms with E-state index in [4.69, 9.17) is 3.75 Å². The van der Waals surface area contributed by atoms with Gasteiger partial charge in [0.25, 0.3) is 0 Å². The van der Waals surface area contributed by atoms with E-state index in [0.29, 0.717) is 0 Å². The van der Waals surface area contributed by atoms with E-state index in [1.807, 2.05) is 42.5 Å². The van der Waals surface area contributed by atoms with Crippen LogP contribution in [0.4, 0.5) is 0 Å². The third kappa shape index (κ3) is 1.69. The second-order valence-corrected chi connectivity index (χ2v) is 3.38. The molecule has 14 heavy (non-hydrogen) atoms. The lowest BCUT2D eigenvalue weighted by molar-refractivity contribution is 0.480. The van der Waals surface area contributed by atoms with Crippen molar-refractivity contribution in [3.63, 3.8) is 0 Å². The number of benzene rings is 2. The maximum atomic E-state index is 9.56. The van der Waals surface area contributed by atoms with Crippen LogP contribution < -0.4 is 5.46 Å². The minimum absolute atomic E-state index is 0.764.